The van der Waals surface area contributed by atoms with Gasteiger partial charge in [0.2, 0.25) is 0 Å². The van der Waals surface area contributed by atoms with Crippen molar-refractivity contribution in [3.63, 3.8) is 0 Å². The number of carbonyl (C=O) groups is 3. The predicted molar refractivity (Wildman–Crippen MR) is 37.1 cm³/mol. The summed E-state index contributed by atoms with van der Waals surface area (Å²) in [6.45, 7) is 0. The Hall–Kier alpha value is -1.63. The van der Waals surface area contributed by atoms with E-state index >= 15 is 0 Å². The first-order valence-electron chi connectivity index (χ1n) is 3.17. The van der Waals surface area contributed by atoms with Crippen LogP contribution in [0.2, 0.25) is 0 Å². The summed E-state index contributed by atoms with van der Waals surface area (Å²) in [5.74, 6) is -5.02. The molecule has 0 saturated carbocycles. The lowest BCUT2D eigenvalue weighted by Crippen LogP contribution is -2.42. The lowest BCUT2D eigenvalue weighted by atomic mass is 10.1. The fourth-order valence-electron chi connectivity index (χ4n) is 0.714. The van der Waals surface area contributed by atoms with E-state index in [4.69, 9.17) is 20.4 Å². The van der Waals surface area contributed by atoms with Crippen LogP contribution >= 0.6 is 0 Å². The van der Waals surface area contributed by atoms with E-state index in [1.807, 2.05) is 0 Å². The van der Waals surface area contributed by atoms with Crippen LogP contribution in [-0.2, 0) is 14.4 Å². The van der Waals surface area contributed by atoms with Crippen molar-refractivity contribution in [3.8, 4) is 0 Å². The Morgan fingerprint density at radius 2 is 1.23 bits per heavy atom. The molecule has 1 unspecified atom stereocenters. The van der Waals surface area contributed by atoms with Gasteiger partial charge in [-0.15, -0.1) is 0 Å². The topological polar surface area (TPSA) is 132 Å². The monoisotopic (exact) mass is 193 g/mol. The Balaban J connectivity index is 4.62. The number of hydrogen-bond acceptors (Lipinski definition) is 4. The third kappa shape index (κ3) is 3.52. The van der Waals surface area contributed by atoms with E-state index in [-0.39, 0.29) is 0 Å². The number of hydrogen-bond donors (Lipinski definition) is 4. The van der Waals surface area contributed by atoms with Gasteiger partial charge in [0.1, 0.15) is 0 Å². The molecule has 0 radical (unpaired) electrons. The number of aliphatic hydroxyl groups is 1. The van der Waals surface area contributed by atoms with Gasteiger partial charge in [0.15, 0.2) is 5.60 Å². The highest BCUT2D eigenvalue weighted by Crippen LogP contribution is 2.15. The van der Waals surface area contributed by atoms with E-state index in [2.05, 4.69) is 0 Å². The molecule has 7 heteroatoms. The van der Waals surface area contributed by atoms with Gasteiger partial charge in [0.05, 0.1) is 12.8 Å². The quantitative estimate of drug-likeness (QED) is 0.401. The summed E-state index contributed by atoms with van der Waals surface area (Å²) < 4.78 is 0. The number of carboxylic acids is 3. The molecule has 4 N–H and O–H groups in total. The van der Waals surface area contributed by atoms with Crippen LogP contribution in [0.15, 0.2) is 0 Å². The molecule has 0 aliphatic heterocycles. The number of rotatable bonds is 5. The van der Waals surface area contributed by atoms with Gasteiger partial charge in [-0.05, 0) is 0 Å². The van der Waals surface area contributed by atoms with Crippen molar-refractivity contribution < 1.29 is 34.8 Å². The van der Waals surface area contributed by atoms with Gasteiger partial charge >= 0.3 is 17.9 Å². The average Bonchev–Trinajstić information content (AvgIpc) is 1.82. The largest absolute Gasteiger partial charge is 0.481 e. The predicted octanol–water partition coefficient (Wildman–Crippen LogP) is -1.25. The van der Waals surface area contributed by atoms with E-state index in [1.54, 1.807) is 0 Å². The molecule has 0 aromatic carbocycles. The van der Waals surface area contributed by atoms with Gasteiger partial charge in [-0.1, -0.05) is 0 Å². The molecule has 74 valence electrons. The van der Waals surface area contributed by atoms with Gasteiger partial charge < -0.3 is 20.4 Å². The maximum atomic E-state index is 10.3. The van der Waals surface area contributed by atoms with Crippen LogP contribution in [-0.4, -0.2) is 43.9 Å². The van der Waals surface area contributed by atoms with Crippen molar-refractivity contribution in [2.45, 2.75) is 18.4 Å². The minimum atomic E-state index is -2.74. The van der Waals surface area contributed by atoms with Gasteiger partial charge in [-0.2, -0.15) is 0 Å². The number of aliphatic carboxylic acids is 3. The minimum absolute atomic E-state index is 1.14. The zero-order valence-corrected chi connectivity index (χ0v) is 6.43. The molecule has 0 saturated heterocycles. The standard InChI is InChI=1S/C6H8O7/c7-3(8)1-6(13,5(11)12)2-4(9)10/h13H,1-2H2,(H,7,8)(H,9,10)(H,11,12)/i1+1. The third-order valence-electron chi connectivity index (χ3n) is 1.29. The highest BCUT2D eigenvalue weighted by molar-refractivity contribution is 5.88. The normalized spacial score (nSPS) is 14.5. The summed E-state index contributed by atoms with van der Waals surface area (Å²) >= 11 is 0. The molecule has 7 nitrogen and oxygen atoms in total. The van der Waals surface area contributed by atoms with Crippen molar-refractivity contribution >= 4 is 17.9 Å². The van der Waals surface area contributed by atoms with Crippen molar-refractivity contribution in [1.29, 1.82) is 0 Å². The van der Waals surface area contributed by atoms with E-state index in [9.17, 15) is 14.4 Å². The smallest absolute Gasteiger partial charge is 0.336 e. The average molecular weight is 193 g/mol. The van der Waals surface area contributed by atoms with Crippen molar-refractivity contribution in [3.05, 3.63) is 0 Å². The Bertz CT molecular complexity index is 227. The molecule has 0 aromatic rings. The molecular formula is C6H8O7. The molecule has 0 fully saturated rings. The Labute approximate surface area is 72.2 Å². The summed E-state index contributed by atoms with van der Waals surface area (Å²) in [5, 5.41) is 33.8. The molecule has 0 spiro atoms. The van der Waals surface area contributed by atoms with Crippen LogP contribution in [0, 0.1) is 0 Å². The zero-order chi connectivity index (χ0) is 10.6. The summed E-state index contributed by atoms with van der Waals surface area (Å²) in [4.78, 5) is 30.5. The first-order valence-corrected chi connectivity index (χ1v) is 3.17. The maximum Gasteiger partial charge on any atom is 0.336 e. The van der Waals surface area contributed by atoms with Crippen molar-refractivity contribution in [1.82, 2.24) is 0 Å². The Morgan fingerprint density at radius 3 is 1.38 bits per heavy atom. The zero-order valence-electron chi connectivity index (χ0n) is 6.43. The third-order valence-corrected chi connectivity index (χ3v) is 1.29. The Morgan fingerprint density at radius 1 is 0.923 bits per heavy atom. The minimum Gasteiger partial charge on any atom is -0.481 e. The lowest BCUT2D eigenvalue weighted by Gasteiger charge is -2.18. The molecule has 0 aliphatic carbocycles. The van der Waals surface area contributed by atoms with E-state index in [1.165, 1.54) is 0 Å². The molecule has 13 heavy (non-hydrogen) atoms. The fourth-order valence-corrected chi connectivity index (χ4v) is 0.714. The first-order chi connectivity index (χ1) is 5.78. The molecule has 0 aromatic heterocycles. The second-order valence-electron chi connectivity index (χ2n) is 2.48. The van der Waals surface area contributed by atoms with Crippen LogP contribution in [0.5, 0.6) is 0 Å². The van der Waals surface area contributed by atoms with E-state index < -0.39 is 36.4 Å². The molecule has 0 rings (SSSR count). The van der Waals surface area contributed by atoms with Gasteiger partial charge in [-0.25, -0.2) is 4.79 Å². The van der Waals surface area contributed by atoms with Gasteiger partial charge in [0.25, 0.3) is 0 Å². The molecular weight excluding hydrogens is 185 g/mol. The molecule has 0 aliphatic rings. The van der Waals surface area contributed by atoms with Crippen LogP contribution in [0.25, 0.3) is 0 Å². The highest BCUT2D eigenvalue weighted by Gasteiger charge is 2.40. The van der Waals surface area contributed by atoms with E-state index in [0.717, 1.165) is 0 Å². The molecule has 0 bridgehead atoms. The number of carboxylic acid groups (broad SMARTS) is 3. The van der Waals surface area contributed by atoms with Gasteiger partial charge in [0, 0.05) is 0 Å². The Kier molecular flexibility index (Phi) is 3.37. The van der Waals surface area contributed by atoms with Gasteiger partial charge in [-0.3, -0.25) is 9.59 Å². The van der Waals surface area contributed by atoms with Crippen LogP contribution in [0.1, 0.15) is 12.8 Å². The lowest BCUT2D eigenvalue weighted by molar-refractivity contribution is -0.170. The SMILES string of the molecule is O=C(O)CC(O)([13CH2]C(=O)O)C(=O)O. The highest BCUT2D eigenvalue weighted by atomic mass is 16.4. The second-order valence-corrected chi connectivity index (χ2v) is 2.48. The summed E-state index contributed by atoms with van der Waals surface area (Å²) in [5.41, 5.74) is -2.74. The maximum absolute atomic E-state index is 10.3. The van der Waals surface area contributed by atoms with Crippen molar-refractivity contribution in [2.75, 3.05) is 0 Å². The fraction of sp³-hybridized carbons (Fsp3) is 0.500. The summed E-state index contributed by atoms with van der Waals surface area (Å²) in [7, 11) is 0. The molecule has 1 atom stereocenters. The van der Waals surface area contributed by atoms with Crippen molar-refractivity contribution in [2.24, 2.45) is 0 Å². The molecule has 0 amide bonds. The summed E-state index contributed by atoms with van der Waals surface area (Å²) in [6.07, 6.45) is -2.29. The first kappa shape index (κ1) is 11.4. The van der Waals surface area contributed by atoms with Crippen LogP contribution in [0.4, 0.5) is 0 Å². The van der Waals surface area contributed by atoms with Crippen LogP contribution < -0.4 is 0 Å². The van der Waals surface area contributed by atoms with Crippen LogP contribution in [0.3, 0.4) is 0 Å². The summed E-state index contributed by atoms with van der Waals surface area (Å²) in [6, 6.07) is 0. The molecule has 0 heterocycles. The second kappa shape index (κ2) is 3.85. The van der Waals surface area contributed by atoms with E-state index in [0.29, 0.717) is 0 Å².